The van der Waals surface area contributed by atoms with Gasteiger partial charge in [-0.3, -0.25) is 4.79 Å². The normalized spacial score (nSPS) is 12.0. The second kappa shape index (κ2) is 11.3. The first-order chi connectivity index (χ1) is 19.2. The number of ether oxygens (including phenoxy) is 1. The summed E-state index contributed by atoms with van der Waals surface area (Å²) in [5, 5.41) is 11.3. The number of aromatic nitrogens is 5. The predicted molar refractivity (Wildman–Crippen MR) is 158 cm³/mol. The third-order valence-electron chi connectivity index (χ3n) is 6.37. The van der Waals surface area contributed by atoms with Gasteiger partial charge in [-0.1, -0.05) is 61.8 Å². The molecule has 39 heavy (non-hydrogen) atoms. The van der Waals surface area contributed by atoms with Gasteiger partial charge in [0, 0.05) is 17.3 Å². The molecular formula is C30H27N5O2S2. The van der Waals surface area contributed by atoms with Crippen LogP contribution in [0.15, 0.2) is 83.1 Å². The van der Waals surface area contributed by atoms with E-state index in [1.807, 2.05) is 89.1 Å². The van der Waals surface area contributed by atoms with Gasteiger partial charge >= 0.3 is 0 Å². The zero-order valence-electron chi connectivity index (χ0n) is 21.5. The maximum Gasteiger partial charge on any atom is 0.291 e. The van der Waals surface area contributed by atoms with E-state index in [0.717, 1.165) is 46.2 Å². The first-order valence-corrected chi connectivity index (χ1v) is 14.7. The minimum absolute atomic E-state index is 0.185. The molecule has 7 nitrogen and oxygen atoms in total. The molecule has 6 rings (SSSR count). The van der Waals surface area contributed by atoms with Crippen LogP contribution in [0.5, 0.6) is 5.75 Å². The molecule has 0 fully saturated rings. The van der Waals surface area contributed by atoms with Crippen LogP contribution in [-0.2, 0) is 0 Å². The first-order valence-electron chi connectivity index (χ1n) is 13.0. The van der Waals surface area contributed by atoms with Crippen molar-refractivity contribution in [1.29, 1.82) is 0 Å². The lowest BCUT2D eigenvalue weighted by Gasteiger charge is -2.07. The number of unbranched alkanes of at least 4 members (excludes halogenated alkanes) is 3. The molecule has 0 radical (unpaired) electrons. The monoisotopic (exact) mass is 553 g/mol. The first kappa shape index (κ1) is 25.2. The number of nitrogens with zero attached hydrogens (tertiary/aromatic N) is 5. The molecule has 2 aromatic carbocycles. The van der Waals surface area contributed by atoms with Crippen molar-refractivity contribution in [1.82, 2.24) is 24.4 Å². The van der Waals surface area contributed by atoms with E-state index in [-0.39, 0.29) is 5.56 Å². The molecule has 0 aliphatic heterocycles. The highest BCUT2D eigenvalue weighted by molar-refractivity contribution is 7.15. The molecule has 196 valence electrons. The molecule has 9 heteroatoms. The zero-order valence-corrected chi connectivity index (χ0v) is 23.1. The maximum absolute atomic E-state index is 13.3. The Morgan fingerprint density at radius 3 is 2.54 bits per heavy atom. The van der Waals surface area contributed by atoms with E-state index in [0.29, 0.717) is 15.3 Å². The molecule has 0 saturated heterocycles. The van der Waals surface area contributed by atoms with Crippen molar-refractivity contribution in [3.8, 4) is 33.4 Å². The van der Waals surface area contributed by atoms with Crippen LogP contribution in [0.25, 0.3) is 38.7 Å². The summed E-state index contributed by atoms with van der Waals surface area (Å²) in [4.78, 5) is 19.4. The second-order valence-corrected chi connectivity index (χ2v) is 11.1. The Labute approximate surface area is 233 Å². The van der Waals surface area contributed by atoms with Gasteiger partial charge in [-0.05, 0) is 60.3 Å². The van der Waals surface area contributed by atoms with Crippen LogP contribution in [0.3, 0.4) is 0 Å². The Morgan fingerprint density at radius 1 is 0.949 bits per heavy atom. The highest BCUT2D eigenvalue weighted by Gasteiger charge is 2.15. The number of thiophene rings is 1. The minimum atomic E-state index is -0.185. The van der Waals surface area contributed by atoms with Crippen LogP contribution in [0.2, 0.25) is 0 Å². The number of benzene rings is 2. The van der Waals surface area contributed by atoms with Crippen molar-refractivity contribution in [2.45, 2.75) is 32.6 Å². The quantitative estimate of drug-likeness (QED) is 0.188. The molecule has 0 amide bonds. The number of thiazole rings is 1. The van der Waals surface area contributed by atoms with Crippen molar-refractivity contribution in [3.05, 3.63) is 98.8 Å². The van der Waals surface area contributed by atoms with Gasteiger partial charge in [0.15, 0.2) is 5.82 Å². The zero-order chi connectivity index (χ0) is 26.6. The van der Waals surface area contributed by atoms with Crippen molar-refractivity contribution in [3.63, 3.8) is 0 Å². The van der Waals surface area contributed by atoms with Gasteiger partial charge < -0.3 is 4.74 Å². The largest absolute Gasteiger partial charge is 0.494 e. The topological polar surface area (TPSA) is 74.3 Å². The number of hydrogen-bond acceptors (Lipinski definition) is 7. The molecule has 0 aliphatic carbocycles. The number of para-hydroxylation sites is 1. The van der Waals surface area contributed by atoms with E-state index < -0.39 is 0 Å². The van der Waals surface area contributed by atoms with Gasteiger partial charge in [-0.25, -0.2) is 4.68 Å². The van der Waals surface area contributed by atoms with E-state index in [4.69, 9.17) is 9.84 Å². The van der Waals surface area contributed by atoms with E-state index in [1.54, 1.807) is 11.3 Å². The standard InChI is InChI=1S/C30H27N5O2S2/c1-2-3-4-8-17-37-24-15-13-21(14-16-24)27-22(20-34(32-27)23-10-6-5-7-11-23)19-26-29(36)35-30(39-26)31-28(33-35)25-12-9-18-38-25/h5-7,9-16,18-20H,2-4,8,17H2,1H3/b26-19-. The second-order valence-electron chi connectivity index (χ2n) is 9.17. The molecule has 4 heterocycles. The van der Waals surface area contributed by atoms with E-state index in [1.165, 1.54) is 35.1 Å². The summed E-state index contributed by atoms with van der Waals surface area (Å²) >= 11 is 2.88. The summed E-state index contributed by atoms with van der Waals surface area (Å²) in [6.07, 6.45) is 8.52. The number of rotatable bonds is 10. The van der Waals surface area contributed by atoms with Crippen LogP contribution < -0.4 is 14.8 Å². The average molecular weight is 554 g/mol. The lowest BCUT2D eigenvalue weighted by molar-refractivity contribution is 0.305. The summed E-state index contributed by atoms with van der Waals surface area (Å²) in [6.45, 7) is 2.92. The van der Waals surface area contributed by atoms with Crippen LogP contribution in [0.1, 0.15) is 38.2 Å². The highest BCUT2D eigenvalue weighted by Crippen LogP contribution is 2.27. The molecule has 0 atom stereocenters. The van der Waals surface area contributed by atoms with Gasteiger partial charge in [0.2, 0.25) is 4.96 Å². The Balaban J connectivity index is 1.35. The summed E-state index contributed by atoms with van der Waals surface area (Å²) < 4.78 is 9.72. The molecule has 0 aliphatic rings. The molecule has 0 unspecified atom stereocenters. The van der Waals surface area contributed by atoms with E-state index in [2.05, 4.69) is 17.0 Å². The Hall–Kier alpha value is -4.08. The molecule has 0 N–H and O–H groups in total. The molecule has 0 spiro atoms. The number of fused-ring (bicyclic) bond motifs is 1. The fourth-order valence-electron chi connectivity index (χ4n) is 4.34. The lowest BCUT2D eigenvalue weighted by Crippen LogP contribution is -2.23. The van der Waals surface area contributed by atoms with Crippen molar-refractivity contribution < 1.29 is 4.74 Å². The summed E-state index contributed by atoms with van der Waals surface area (Å²) in [7, 11) is 0. The molecular weight excluding hydrogens is 526 g/mol. The highest BCUT2D eigenvalue weighted by atomic mass is 32.1. The summed E-state index contributed by atoms with van der Waals surface area (Å²) in [5.41, 5.74) is 3.32. The van der Waals surface area contributed by atoms with Gasteiger partial charge in [-0.2, -0.15) is 14.6 Å². The third kappa shape index (κ3) is 5.41. The summed E-state index contributed by atoms with van der Waals surface area (Å²) in [6, 6.07) is 21.8. The maximum atomic E-state index is 13.3. The molecule has 0 bridgehead atoms. The van der Waals surface area contributed by atoms with Gasteiger partial charge in [0.1, 0.15) is 11.4 Å². The average Bonchev–Trinajstić information content (AvgIpc) is 3.76. The van der Waals surface area contributed by atoms with E-state index in [9.17, 15) is 4.79 Å². The van der Waals surface area contributed by atoms with Crippen LogP contribution in [0.4, 0.5) is 0 Å². The van der Waals surface area contributed by atoms with Crippen molar-refractivity contribution in [2.24, 2.45) is 0 Å². The van der Waals surface area contributed by atoms with Gasteiger partial charge in [-0.15, -0.1) is 16.4 Å². The molecule has 6 aromatic rings. The van der Waals surface area contributed by atoms with Crippen LogP contribution in [-0.4, -0.2) is 31.0 Å². The smallest absolute Gasteiger partial charge is 0.291 e. The molecule has 0 saturated carbocycles. The lowest BCUT2D eigenvalue weighted by atomic mass is 10.1. The van der Waals surface area contributed by atoms with Crippen molar-refractivity contribution >= 4 is 33.7 Å². The van der Waals surface area contributed by atoms with Crippen LogP contribution in [0, 0.1) is 0 Å². The van der Waals surface area contributed by atoms with E-state index >= 15 is 0 Å². The SMILES string of the molecule is CCCCCCOc1ccc(-c2nn(-c3ccccc3)cc2/C=c2\sc3nc(-c4cccs4)nn3c2=O)cc1. The molecule has 4 aromatic heterocycles. The van der Waals surface area contributed by atoms with Crippen molar-refractivity contribution in [2.75, 3.05) is 6.61 Å². The van der Waals surface area contributed by atoms with Crippen LogP contribution >= 0.6 is 22.7 Å². The summed E-state index contributed by atoms with van der Waals surface area (Å²) in [5.74, 6) is 1.42. The Morgan fingerprint density at radius 2 is 1.79 bits per heavy atom. The Kier molecular flexibility index (Phi) is 7.33. The fourth-order valence-corrected chi connectivity index (χ4v) is 5.89. The minimum Gasteiger partial charge on any atom is -0.494 e. The van der Waals surface area contributed by atoms with Gasteiger partial charge in [0.05, 0.1) is 21.7 Å². The Bertz CT molecular complexity index is 1790. The fraction of sp³-hybridized carbons (Fsp3) is 0.200. The van der Waals surface area contributed by atoms with Gasteiger partial charge in [0.25, 0.3) is 5.56 Å². The third-order valence-corrected chi connectivity index (χ3v) is 8.19. The number of hydrogen-bond donors (Lipinski definition) is 0. The predicted octanol–water partition coefficient (Wildman–Crippen LogP) is 6.24.